The molecule has 1 aliphatic rings. The summed E-state index contributed by atoms with van der Waals surface area (Å²) < 4.78 is -0.236. The van der Waals surface area contributed by atoms with Crippen LogP contribution >= 0.6 is 24.4 Å². The van der Waals surface area contributed by atoms with Crippen LogP contribution in [0.1, 0.15) is 6.92 Å². The number of nitrogens with zero attached hydrogens (tertiary/aromatic N) is 2. The number of thiol groups is 1. The Kier molecular flexibility index (Phi) is 1.30. The van der Waals surface area contributed by atoms with Crippen LogP contribution in [0.15, 0.2) is 10.2 Å². The first-order chi connectivity index (χ1) is 3.21. The maximum Gasteiger partial charge on any atom is 0.168 e. The summed E-state index contributed by atoms with van der Waals surface area (Å²) in [5, 5.41) is 7.57. The third-order valence-corrected chi connectivity index (χ3v) is 2.00. The number of azo groups is 1. The Balaban J connectivity index is 2.57. The van der Waals surface area contributed by atoms with E-state index in [0.717, 1.165) is 5.88 Å². The van der Waals surface area contributed by atoms with Gasteiger partial charge >= 0.3 is 0 Å². The Hall–Kier alpha value is 0.300. The molecule has 1 unspecified atom stereocenters. The van der Waals surface area contributed by atoms with E-state index < -0.39 is 0 Å². The molecule has 0 aromatic heterocycles. The second-order valence-corrected chi connectivity index (χ2v) is 3.96. The topological polar surface area (TPSA) is 24.7 Å². The fourth-order valence-electron chi connectivity index (χ4n) is 0.340. The van der Waals surface area contributed by atoms with Crippen molar-refractivity contribution in [3.8, 4) is 0 Å². The van der Waals surface area contributed by atoms with Gasteiger partial charge in [-0.3, -0.25) is 0 Å². The largest absolute Gasteiger partial charge is 0.181 e. The summed E-state index contributed by atoms with van der Waals surface area (Å²) in [4.78, 5) is 0. The number of hydrogen-bond donors (Lipinski definition) is 1. The molecule has 7 heavy (non-hydrogen) atoms. The van der Waals surface area contributed by atoms with E-state index in [0.29, 0.717) is 0 Å². The van der Waals surface area contributed by atoms with E-state index in [9.17, 15) is 0 Å². The molecule has 1 heterocycles. The molecule has 0 saturated carbocycles. The lowest BCUT2D eigenvalue weighted by Crippen LogP contribution is -1.99. The van der Waals surface area contributed by atoms with Crippen molar-refractivity contribution in [3.05, 3.63) is 0 Å². The molecule has 1 atom stereocenters. The molecule has 0 amide bonds. The van der Waals surface area contributed by atoms with Crippen molar-refractivity contribution in [1.82, 2.24) is 0 Å². The summed E-state index contributed by atoms with van der Waals surface area (Å²) in [6.07, 6.45) is 0. The van der Waals surface area contributed by atoms with E-state index in [1.807, 2.05) is 6.92 Å². The van der Waals surface area contributed by atoms with Gasteiger partial charge in [0.1, 0.15) is 5.88 Å². The second kappa shape index (κ2) is 1.67. The lowest BCUT2D eigenvalue weighted by molar-refractivity contribution is 0.905. The fraction of sp³-hybridized carbons (Fsp3) is 1.00. The van der Waals surface area contributed by atoms with Gasteiger partial charge in [-0.05, 0) is 6.92 Å². The molecule has 0 N–H and O–H groups in total. The molecule has 0 aliphatic carbocycles. The molecule has 0 aromatic carbocycles. The molecule has 4 heteroatoms. The Morgan fingerprint density at radius 2 is 2.57 bits per heavy atom. The average molecular weight is 134 g/mol. The molecular weight excluding hydrogens is 128 g/mol. The summed E-state index contributed by atoms with van der Waals surface area (Å²) in [6, 6.07) is 0. The molecule has 2 nitrogen and oxygen atoms in total. The average Bonchev–Trinajstić information content (AvgIpc) is 1.84. The first-order valence-electron chi connectivity index (χ1n) is 1.96. The Morgan fingerprint density at radius 3 is 2.71 bits per heavy atom. The minimum absolute atomic E-state index is 0.236. The monoisotopic (exact) mass is 134 g/mol. The highest BCUT2D eigenvalue weighted by Crippen LogP contribution is 2.35. The van der Waals surface area contributed by atoms with E-state index >= 15 is 0 Å². The third kappa shape index (κ3) is 1.35. The molecule has 1 rings (SSSR count). The Morgan fingerprint density at radius 1 is 1.86 bits per heavy atom. The van der Waals surface area contributed by atoms with Crippen molar-refractivity contribution < 1.29 is 0 Å². The Bertz CT molecular complexity index is 99.1. The summed E-state index contributed by atoms with van der Waals surface area (Å²) in [6.45, 7) is 1.93. The van der Waals surface area contributed by atoms with E-state index in [1.165, 1.54) is 0 Å². The molecule has 0 bridgehead atoms. The fourth-order valence-corrected chi connectivity index (χ4v) is 1.05. The molecule has 0 saturated heterocycles. The first kappa shape index (κ1) is 5.44. The van der Waals surface area contributed by atoms with Gasteiger partial charge in [-0.1, -0.05) is 11.8 Å². The van der Waals surface area contributed by atoms with Gasteiger partial charge in [-0.2, -0.15) is 10.2 Å². The van der Waals surface area contributed by atoms with Crippen LogP contribution < -0.4 is 0 Å². The van der Waals surface area contributed by atoms with Crippen LogP contribution in [0.25, 0.3) is 0 Å². The van der Waals surface area contributed by atoms with Crippen LogP contribution in [0, 0.1) is 0 Å². The van der Waals surface area contributed by atoms with Crippen molar-refractivity contribution in [2.75, 3.05) is 5.88 Å². The maximum absolute atomic E-state index is 4.15. The molecular formula is C3H6N2S2. The zero-order valence-corrected chi connectivity index (χ0v) is 5.67. The van der Waals surface area contributed by atoms with E-state index in [1.54, 1.807) is 11.8 Å². The van der Waals surface area contributed by atoms with Crippen LogP contribution in [-0.4, -0.2) is 10.1 Å². The standard InChI is InChI=1S/C3H6N2S2/c1-3(6)5-4-2-7-3/h6H,2H2,1H3. The van der Waals surface area contributed by atoms with Gasteiger partial charge in [0.05, 0.1) is 0 Å². The van der Waals surface area contributed by atoms with E-state index in [-0.39, 0.29) is 4.20 Å². The summed E-state index contributed by atoms with van der Waals surface area (Å²) in [5.74, 6) is 0.764. The van der Waals surface area contributed by atoms with Crippen molar-refractivity contribution in [2.24, 2.45) is 10.2 Å². The predicted octanol–water partition coefficient (Wildman–Crippen LogP) is 1.75. The first-order valence-corrected chi connectivity index (χ1v) is 3.39. The van der Waals surface area contributed by atoms with Gasteiger partial charge in [0, 0.05) is 0 Å². The molecule has 0 spiro atoms. The number of thioether (sulfide) groups is 1. The minimum atomic E-state index is -0.236. The van der Waals surface area contributed by atoms with Gasteiger partial charge in [0.25, 0.3) is 0 Å². The third-order valence-electron chi connectivity index (χ3n) is 0.652. The van der Waals surface area contributed by atoms with Gasteiger partial charge in [0.2, 0.25) is 0 Å². The molecule has 1 aliphatic heterocycles. The van der Waals surface area contributed by atoms with Crippen molar-refractivity contribution >= 4 is 24.4 Å². The predicted molar refractivity (Wildman–Crippen MR) is 34.7 cm³/mol. The van der Waals surface area contributed by atoms with Gasteiger partial charge in [-0.15, -0.1) is 12.6 Å². The van der Waals surface area contributed by atoms with Gasteiger partial charge in [0.15, 0.2) is 4.20 Å². The molecule has 0 fully saturated rings. The number of hydrogen-bond acceptors (Lipinski definition) is 4. The van der Waals surface area contributed by atoms with Crippen LogP contribution in [0.3, 0.4) is 0 Å². The highest BCUT2D eigenvalue weighted by Gasteiger charge is 2.21. The van der Waals surface area contributed by atoms with Gasteiger partial charge in [-0.25, -0.2) is 0 Å². The highest BCUT2D eigenvalue weighted by atomic mass is 32.2. The maximum atomic E-state index is 4.15. The van der Waals surface area contributed by atoms with Crippen LogP contribution in [0.4, 0.5) is 0 Å². The Labute approximate surface area is 52.2 Å². The quantitative estimate of drug-likeness (QED) is 0.501. The second-order valence-electron chi connectivity index (χ2n) is 1.45. The van der Waals surface area contributed by atoms with Crippen LogP contribution in [0.5, 0.6) is 0 Å². The van der Waals surface area contributed by atoms with Crippen LogP contribution in [-0.2, 0) is 0 Å². The van der Waals surface area contributed by atoms with Crippen molar-refractivity contribution in [2.45, 2.75) is 11.1 Å². The van der Waals surface area contributed by atoms with E-state index in [2.05, 4.69) is 22.9 Å². The summed E-state index contributed by atoms with van der Waals surface area (Å²) in [5.41, 5.74) is 0. The minimum Gasteiger partial charge on any atom is -0.181 e. The zero-order valence-electron chi connectivity index (χ0n) is 3.96. The highest BCUT2D eigenvalue weighted by molar-refractivity contribution is 8.11. The zero-order chi connectivity index (χ0) is 5.33. The van der Waals surface area contributed by atoms with Crippen LogP contribution in [0.2, 0.25) is 0 Å². The molecule has 0 radical (unpaired) electrons. The SMILES string of the molecule is CC1(S)N=NCS1. The molecule has 0 aromatic rings. The number of rotatable bonds is 0. The smallest absolute Gasteiger partial charge is 0.168 e. The summed E-state index contributed by atoms with van der Waals surface area (Å²) >= 11 is 5.78. The normalized spacial score (nSPS) is 39.7. The van der Waals surface area contributed by atoms with Crippen molar-refractivity contribution in [1.29, 1.82) is 0 Å². The van der Waals surface area contributed by atoms with E-state index in [4.69, 9.17) is 0 Å². The van der Waals surface area contributed by atoms with Gasteiger partial charge < -0.3 is 0 Å². The lowest BCUT2D eigenvalue weighted by atomic mass is 10.8. The molecule has 40 valence electrons. The van der Waals surface area contributed by atoms with Crippen molar-refractivity contribution in [3.63, 3.8) is 0 Å². The summed E-state index contributed by atoms with van der Waals surface area (Å²) in [7, 11) is 0. The lowest BCUT2D eigenvalue weighted by Gasteiger charge is -2.05.